The SMILES string of the molecule is O=Cc1cc(Cl)cc(COc2ccc(C(F)(F)F)cc2C(F)(F)F)c1. The fourth-order valence-corrected chi connectivity index (χ4v) is 2.31. The maximum absolute atomic E-state index is 13.0. The molecule has 0 atom stereocenters. The molecule has 0 aromatic heterocycles. The number of benzene rings is 2. The second-order valence-corrected chi connectivity index (χ2v) is 5.44. The standard InChI is InChI=1S/C16H9ClF6O2/c17-12-4-9(7-24)3-10(5-12)8-25-14-2-1-11(15(18,19)20)6-13(14)16(21,22)23/h1-7H,8H2. The highest BCUT2D eigenvalue weighted by molar-refractivity contribution is 6.30. The molecule has 0 fully saturated rings. The largest absolute Gasteiger partial charge is 0.488 e. The Bertz CT molecular complexity index is 783. The number of aldehydes is 1. The molecule has 25 heavy (non-hydrogen) atoms. The van der Waals surface area contributed by atoms with E-state index < -0.39 is 35.8 Å². The fraction of sp³-hybridized carbons (Fsp3) is 0.188. The van der Waals surface area contributed by atoms with Gasteiger partial charge in [0, 0.05) is 10.6 Å². The predicted molar refractivity (Wildman–Crippen MR) is 77.6 cm³/mol. The monoisotopic (exact) mass is 382 g/mol. The van der Waals surface area contributed by atoms with Crippen molar-refractivity contribution in [3.63, 3.8) is 0 Å². The highest BCUT2D eigenvalue weighted by atomic mass is 35.5. The van der Waals surface area contributed by atoms with Gasteiger partial charge < -0.3 is 4.74 Å². The van der Waals surface area contributed by atoms with Crippen LogP contribution in [0.4, 0.5) is 26.3 Å². The topological polar surface area (TPSA) is 26.3 Å². The highest BCUT2D eigenvalue weighted by Gasteiger charge is 2.38. The predicted octanol–water partition coefficient (Wildman–Crippen LogP) is 5.77. The number of hydrogen-bond donors (Lipinski definition) is 0. The van der Waals surface area contributed by atoms with Crippen LogP contribution in [0.25, 0.3) is 0 Å². The van der Waals surface area contributed by atoms with Crippen molar-refractivity contribution in [2.75, 3.05) is 0 Å². The lowest BCUT2D eigenvalue weighted by molar-refractivity contribution is -0.143. The Labute approximate surface area is 143 Å². The average molecular weight is 383 g/mol. The van der Waals surface area contributed by atoms with E-state index in [4.69, 9.17) is 16.3 Å². The zero-order valence-corrected chi connectivity index (χ0v) is 13.0. The van der Waals surface area contributed by atoms with E-state index in [1.165, 1.54) is 18.2 Å². The van der Waals surface area contributed by atoms with Crippen molar-refractivity contribution in [3.8, 4) is 5.75 Å². The van der Waals surface area contributed by atoms with Gasteiger partial charge in [0.25, 0.3) is 0 Å². The number of alkyl halides is 6. The van der Waals surface area contributed by atoms with Gasteiger partial charge in [0.1, 0.15) is 18.6 Å². The van der Waals surface area contributed by atoms with Crippen LogP contribution in [0.2, 0.25) is 5.02 Å². The maximum Gasteiger partial charge on any atom is 0.419 e. The van der Waals surface area contributed by atoms with E-state index in [-0.39, 0.29) is 16.7 Å². The lowest BCUT2D eigenvalue weighted by atomic mass is 10.1. The van der Waals surface area contributed by atoms with Crippen molar-refractivity contribution in [1.29, 1.82) is 0 Å². The van der Waals surface area contributed by atoms with E-state index in [9.17, 15) is 31.1 Å². The molecule has 0 unspecified atom stereocenters. The number of halogens is 7. The summed E-state index contributed by atoms with van der Waals surface area (Å²) in [6, 6.07) is 5.15. The van der Waals surface area contributed by atoms with Gasteiger partial charge >= 0.3 is 12.4 Å². The smallest absolute Gasteiger partial charge is 0.419 e. The number of hydrogen-bond acceptors (Lipinski definition) is 2. The van der Waals surface area contributed by atoms with Gasteiger partial charge in [0.15, 0.2) is 0 Å². The third-order valence-corrected chi connectivity index (χ3v) is 3.34. The van der Waals surface area contributed by atoms with E-state index in [2.05, 4.69) is 0 Å². The molecule has 0 aliphatic carbocycles. The Balaban J connectivity index is 2.33. The van der Waals surface area contributed by atoms with Crippen molar-refractivity contribution < 1.29 is 35.9 Å². The summed E-state index contributed by atoms with van der Waals surface area (Å²) in [6.45, 7) is -0.407. The van der Waals surface area contributed by atoms with Gasteiger partial charge in [-0.25, -0.2) is 0 Å². The molecule has 0 aliphatic rings. The quantitative estimate of drug-likeness (QED) is 0.495. The molecular weight excluding hydrogens is 374 g/mol. The summed E-state index contributed by atoms with van der Waals surface area (Å²) in [7, 11) is 0. The molecule has 2 aromatic rings. The van der Waals surface area contributed by atoms with Crippen LogP contribution in [-0.2, 0) is 19.0 Å². The first-order chi connectivity index (χ1) is 11.5. The molecule has 2 aromatic carbocycles. The Morgan fingerprint density at radius 3 is 2.20 bits per heavy atom. The molecule has 0 aliphatic heterocycles. The molecule has 0 amide bonds. The number of ether oxygens (including phenoxy) is 1. The zero-order valence-electron chi connectivity index (χ0n) is 12.2. The molecule has 0 radical (unpaired) electrons. The summed E-state index contributed by atoms with van der Waals surface area (Å²) < 4.78 is 81.9. The Hall–Kier alpha value is -2.22. The average Bonchev–Trinajstić information content (AvgIpc) is 2.50. The first-order valence-corrected chi connectivity index (χ1v) is 7.04. The molecule has 9 heteroatoms. The highest BCUT2D eigenvalue weighted by Crippen LogP contribution is 2.40. The third kappa shape index (κ3) is 4.88. The second kappa shape index (κ2) is 6.95. The molecule has 134 valence electrons. The fourth-order valence-electron chi connectivity index (χ4n) is 2.04. The van der Waals surface area contributed by atoms with Crippen LogP contribution < -0.4 is 4.74 Å². The second-order valence-electron chi connectivity index (χ2n) is 5.01. The lowest BCUT2D eigenvalue weighted by Gasteiger charge is -2.16. The van der Waals surface area contributed by atoms with Gasteiger partial charge in [-0.1, -0.05) is 11.6 Å². The molecule has 0 saturated heterocycles. The van der Waals surface area contributed by atoms with Gasteiger partial charge in [-0.2, -0.15) is 26.3 Å². The molecule has 2 rings (SSSR count). The number of carbonyl (C=O) groups is 1. The number of rotatable bonds is 4. The van der Waals surface area contributed by atoms with Crippen LogP contribution in [0.1, 0.15) is 27.0 Å². The van der Waals surface area contributed by atoms with Gasteiger partial charge in [0.05, 0.1) is 11.1 Å². The van der Waals surface area contributed by atoms with Crippen molar-refractivity contribution in [1.82, 2.24) is 0 Å². The van der Waals surface area contributed by atoms with Crippen LogP contribution in [0.15, 0.2) is 36.4 Å². The van der Waals surface area contributed by atoms with Crippen LogP contribution in [0, 0.1) is 0 Å². The normalized spacial score (nSPS) is 12.1. The maximum atomic E-state index is 13.0. The Kier molecular flexibility index (Phi) is 5.31. The summed E-state index contributed by atoms with van der Waals surface area (Å²) in [5.74, 6) is -0.756. The summed E-state index contributed by atoms with van der Waals surface area (Å²) in [6.07, 6.45) is -9.45. The Morgan fingerprint density at radius 2 is 1.64 bits per heavy atom. The van der Waals surface area contributed by atoms with Crippen molar-refractivity contribution in [2.24, 2.45) is 0 Å². The van der Waals surface area contributed by atoms with Crippen LogP contribution in [0.5, 0.6) is 5.75 Å². The van der Waals surface area contributed by atoms with E-state index >= 15 is 0 Å². The summed E-state index contributed by atoms with van der Waals surface area (Å²) in [5.41, 5.74) is -2.49. The van der Waals surface area contributed by atoms with E-state index in [1.807, 2.05) is 0 Å². The molecule has 0 bridgehead atoms. The minimum atomic E-state index is -5.03. The van der Waals surface area contributed by atoms with Gasteiger partial charge in [-0.15, -0.1) is 0 Å². The zero-order chi connectivity index (χ0) is 18.8. The van der Waals surface area contributed by atoms with Crippen molar-refractivity contribution in [2.45, 2.75) is 19.0 Å². The Morgan fingerprint density at radius 1 is 0.960 bits per heavy atom. The van der Waals surface area contributed by atoms with E-state index in [0.29, 0.717) is 24.0 Å². The minimum Gasteiger partial charge on any atom is -0.488 e. The van der Waals surface area contributed by atoms with Gasteiger partial charge in [0.2, 0.25) is 0 Å². The van der Waals surface area contributed by atoms with E-state index in [1.54, 1.807) is 0 Å². The number of carbonyl (C=O) groups excluding carboxylic acids is 1. The first kappa shape index (κ1) is 19.1. The van der Waals surface area contributed by atoms with Gasteiger partial charge in [-0.05, 0) is 42.0 Å². The van der Waals surface area contributed by atoms with Crippen molar-refractivity contribution >= 4 is 17.9 Å². The minimum absolute atomic E-state index is 0.00977. The molecule has 0 heterocycles. The molecule has 0 spiro atoms. The van der Waals surface area contributed by atoms with Gasteiger partial charge in [-0.3, -0.25) is 4.79 Å². The molecular formula is C16H9ClF6O2. The van der Waals surface area contributed by atoms with Crippen molar-refractivity contribution in [3.05, 3.63) is 63.7 Å². The molecule has 2 nitrogen and oxygen atoms in total. The summed E-state index contributed by atoms with van der Waals surface area (Å²) in [5, 5.41) is 0.173. The first-order valence-electron chi connectivity index (χ1n) is 6.66. The third-order valence-electron chi connectivity index (χ3n) is 3.12. The van der Waals surface area contributed by atoms with E-state index in [0.717, 1.165) is 0 Å². The van der Waals surface area contributed by atoms with Crippen LogP contribution in [-0.4, -0.2) is 6.29 Å². The van der Waals surface area contributed by atoms with Crippen LogP contribution in [0.3, 0.4) is 0 Å². The summed E-state index contributed by atoms with van der Waals surface area (Å²) in [4.78, 5) is 10.7. The summed E-state index contributed by atoms with van der Waals surface area (Å²) >= 11 is 5.77. The lowest BCUT2D eigenvalue weighted by Crippen LogP contribution is -2.12. The molecule has 0 saturated carbocycles. The molecule has 0 N–H and O–H groups in total. The van der Waals surface area contributed by atoms with Crippen LogP contribution >= 0.6 is 11.6 Å².